The fourth-order valence-electron chi connectivity index (χ4n) is 1.00. The Morgan fingerprint density at radius 2 is 2.46 bits per heavy atom. The normalized spacial score (nSPS) is 37.5. The molecule has 0 unspecified atom stereocenters. The molecule has 1 saturated heterocycles. The summed E-state index contributed by atoms with van der Waals surface area (Å²) in [7, 11) is -3.08. The molecule has 0 atom stereocenters. The summed E-state index contributed by atoms with van der Waals surface area (Å²) < 4.78 is 65.5. The minimum Gasteiger partial charge on any atom is -0.378 e. The molecule has 0 amide bonds. The van der Waals surface area contributed by atoms with Gasteiger partial charge in [0.1, 0.15) is 0 Å². The molecule has 0 saturated carbocycles. The van der Waals surface area contributed by atoms with E-state index in [1.54, 1.807) is 18.2 Å². The fourth-order valence-corrected chi connectivity index (χ4v) is 1.46. The van der Waals surface area contributed by atoms with E-state index >= 15 is 0 Å². The standard InChI is InChI=1S/C10H12BrNO/c1-13-8-6-12(7-8)10-5-3-2-4-9(10)11/h2-5,8H,6-7H2,1H3/i1D3,6D2,7D2,8D. The van der Waals surface area contributed by atoms with Gasteiger partial charge in [-0.1, -0.05) is 12.1 Å². The van der Waals surface area contributed by atoms with Crippen LogP contribution in [0.3, 0.4) is 0 Å². The van der Waals surface area contributed by atoms with Crippen molar-refractivity contribution in [3.05, 3.63) is 28.7 Å². The first-order valence-electron chi connectivity index (χ1n) is 7.60. The summed E-state index contributed by atoms with van der Waals surface area (Å²) in [6, 6.07) is 6.32. The van der Waals surface area contributed by atoms with Gasteiger partial charge in [0.15, 0.2) is 0 Å². The Morgan fingerprint density at radius 3 is 3.15 bits per heavy atom. The van der Waals surface area contributed by atoms with Crippen LogP contribution in [0.25, 0.3) is 0 Å². The molecule has 1 heterocycles. The van der Waals surface area contributed by atoms with E-state index in [-0.39, 0.29) is 5.69 Å². The Balaban J connectivity index is 2.47. The number of hydrogen-bond donors (Lipinski definition) is 0. The molecule has 2 nitrogen and oxygen atoms in total. The lowest BCUT2D eigenvalue weighted by Crippen LogP contribution is -2.52. The molecular formula is C10H12BrNO. The average Bonchev–Trinajstić information content (AvgIpc) is 2.28. The molecule has 1 aromatic rings. The molecule has 0 radical (unpaired) electrons. The van der Waals surface area contributed by atoms with E-state index in [0.29, 0.717) is 9.37 Å². The monoisotopic (exact) mass is 249 g/mol. The predicted molar refractivity (Wildman–Crippen MR) is 57.2 cm³/mol. The molecular weight excluding hydrogens is 230 g/mol. The molecule has 13 heavy (non-hydrogen) atoms. The number of nitrogens with zero attached hydrogens (tertiary/aromatic N) is 1. The van der Waals surface area contributed by atoms with Crippen LogP contribution in [0.5, 0.6) is 0 Å². The minimum absolute atomic E-state index is 0.171. The van der Waals surface area contributed by atoms with Gasteiger partial charge in [0.05, 0.1) is 22.7 Å². The molecule has 0 bridgehead atoms. The Morgan fingerprint density at radius 1 is 1.69 bits per heavy atom. The molecule has 2 rings (SSSR count). The van der Waals surface area contributed by atoms with E-state index in [2.05, 4.69) is 20.7 Å². The first-order chi connectivity index (χ1) is 9.34. The highest BCUT2D eigenvalue weighted by atomic mass is 79.9. The van der Waals surface area contributed by atoms with Crippen LogP contribution in [0, 0.1) is 0 Å². The molecule has 1 aromatic carbocycles. The molecule has 1 aliphatic rings. The Labute approximate surface area is 97.9 Å². The van der Waals surface area contributed by atoms with Gasteiger partial charge in [-0.3, -0.25) is 0 Å². The molecule has 3 heteroatoms. The third-order valence-corrected chi connectivity index (χ3v) is 2.29. The lowest BCUT2D eigenvalue weighted by Gasteiger charge is -2.40. The zero-order valence-electron chi connectivity index (χ0n) is 14.5. The number of methoxy groups -OCH3 is 1. The van der Waals surface area contributed by atoms with Crippen LogP contribution in [-0.2, 0) is 4.74 Å². The summed E-state index contributed by atoms with van der Waals surface area (Å²) >= 11 is 3.19. The second-order valence-corrected chi connectivity index (χ2v) is 3.30. The lowest BCUT2D eigenvalue weighted by atomic mass is 10.1. The van der Waals surface area contributed by atoms with Crippen molar-refractivity contribution < 1.29 is 15.7 Å². The molecule has 0 spiro atoms. The third-order valence-electron chi connectivity index (χ3n) is 1.62. The van der Waals surface area contributed by atoms with Crippen LogP contribution < -0.4 is 4.90 Å². The van der Waals surface area contributed by atoms with Crippen LogP contribution in [0.15, 0.2) is 28.7 Å². The largest absolute Gasteiger partial charge is 0.378 e. The van der Waals surface area contributed by atoms with Gasteiger partial charge in [-0.15, -0.1) is 0 Å². The first kappa shape index (κ1) is 3.55. The maximum atomic E-state index is 7.92. The summed E-state index contributed by atoms with van der Waals surface area (Å²) in [6.07, 6.45) is -2.87. The van der Waals surface area contributed by atoms with E-state index in [4.69, 9.17) is 11.0 Å². The Bertz CT molecular complexity index is 544. The van der Waals surface area contributed by atoms with E-state index < -0.39 is 26.1 Å². The number of hydrogen-bond acceptors (Lipinski definition) is 2. The van der Waals surface area contributed by atoms with Gasteiger partial charge >= 0.3 is 0 Å². The van der Waals surface area contributed by atoms with Crippen molar-refractivity contribution in [2.24, 2.45) is 0 Å². The number of rotatable bonds is 2. The summed E-state index contributed by atoms with van der Waals surface area (Å²) in [4.78, 5) is 0.697. The number of para-hydroxylation sites is 1. The summed E-state index contributed by atoms with van der Waals surface area (Å²) in [5, 5.41) is 0. The second kappa shape index (κ2) is 3.68. The summed E-state index contributed by atoms with van der Waals surface area (Å²) in [5.41, 5.74) is 0.171. The molecule has 0 aliphatic carbocycles. The Kier molecular flexibility index (Phi) is 1.01. The van der Waals surface area contributed by atoms with Crippen LogP contribution in [0.4, 0.5) is 5.69 Å². The highest BCUT2D eigenvalue weighted by Gasteiger charge is 2.27. The van der Waals surface area contributed by atoms with Crippen molar-refractivity contribution in [2.45, 2.75) is 6.08 Å². The first-order valence-corrected chi connectivity index (χ1v) is 4.39. The van der Waals surface area contributed by atoms with Crippen LogP contribution in [0.1, 0.15) is 11.0 Å². The van der Waals surface area contributed by atoms with Gasteiger partial charge in [-0.25, -0.2) is 0 Å². The lowest BCUT2D eigenvalue weighted by molar-refractivity contribution is 0.0787. The quantitative estimate of drug-likeness (QED) is 0.798. The van der Waals surface area contributed by atoms with Crippen molar-refractivity contribution in [3.63, 3.8) is 0 Å². The highest BCUT2D eigenvalue weighted by molar-refractivity contribution is 9.10. The van der Waals surface area contributed by atoms with Crippen molar-refractivity contribution in [3.8, 4) is 0 Å². The fraction of sp³-hybridized carbons (Fsp3) is 0.400. The zero-order chi connectivity index (χ0) is 16.3. The van der Waals surface area contributed by atoms with Gasteiger partial charge in [0.2, 0.25) is 0 Å². The number of halogens is 1. The third kappa shape index (κ3) is 1.71. The maximum absolute atomic E-state index is 7.92. The smallest absolute Gasteiger partial charge is 0.0920 e. The van der Waals surface area contributed by atoms with Gasteiger partial charge in [0.25, 0.3) is 0 Å². The van der Waals surface area contributed by atoms with Gasteiger partial charge < -0.3 is 9.64 Å². The van der Waals surface area contributed by atoms with Crippen molar-refractivity contribution >= 4 is 21.6 Å². The molecule has 1 fully saturated rings. The van der Waals surface area contributed by atoms with Crippen LogP contribution in [-0.4, -0.2) is 26.1 Å². The van der Waals surface area contributed by atoms with E-state index in [0.717, 1.165) is 0 Å². The molecule has 0 N–H and O–H groups in total. The van der Waals surface area contributed by atoms with Crippen LogP contribution >= 0.6 is 15.9 Å². The molecule has 70 valence electrons. The zero-order valence-corrected chi connectivity index (χ0v) is 8.13. The maximum Gasteiger partial charge on any atom is 0.0920 e. The topological polar surface area (TPSA) is 12.5 Å². The summed E-state index contributed by atoms with van der Waals surface area (Å²) in [5.74, 6) is 0. The minimum atomic E-state index is -3.08. The molecule has 1 aliphatic heterocycles. The number of ether oxygens (including phenoxy) is 1. The van der Waals surface area contributed by atoms with Gasteiger partial charge in [-0.05, 0) is 28.1 Å². The van der Waals surface area contributed by atoms with E-state index in [9.17, 15) is 0 Å². The Hall–Kier alpha value is -0.540. The van der Waals surface area contributed by atoms with Gasteiger partial charge in [-0.2, -0.15) is 0 Å². The van der Waals surface area contributed by atoms with E-state index in [1.165, 1.54) is 6.07 Å². The van der Waals surface area contributed by atoms with Gasteiger partial charge in [0, 0.05) is 24.5 Å². The van der Waals surface area contributed by atoms with Crippen molar-refractivity contribution in [1.82, 2.24) is 0 Å². The number of anilines is 1. The van der Waals surface area contributed by atoms with Crippen molar-refractivity contribution in [1.29, 1.82) is 0 Å². The average molecular weight is 250 g/mol. The summed E-state index contributed by atoms with van der Waals surface area (Å²) in [6.45, 7) is -5.32. The van der Waals surface area contributed by atoms with Crippen LogP contribution in [0.2, 0.25) is 0 Å². The predicted octanol–water partition coefficient (Wildman–Crippen LogP) is 2.28. The number of benzene rings is 1. The second-order valence-electron chi connectivity index (χ2n) is 2.44. The SMILES string of the molecule is [2H]C([2H])([2H])OC1([2H])C([2H])([2H])N(c2ccccc2Br)C1([2H])[2H]. The van der Waals surface area contributed by atoms with Crippen molar-refractivity contribution in [2.75, 3.05) is 24.9 Å². The molecule has 0 aromatic heterocycles. The van der Waals surface area contributed by atoms with E-state index in [1.807, 2.05) is 0 Å². The highest BCUT2D eigenvalue weighted by Crippen LogP contribution is 2.29.